The molecular weight excluding hydrogens is 1210 g/mol. The molecule has 0 spiro atoms. The van der Waals surface area contributed by atoms with E-state index in [1.54, 1.807) is 0 Å². The molecule has 0 aliphatic rings. The molecule has 0 aliphatic carbocycles. The molecule has 0 aromatic rings. The molecule has 96 heavy (non-hydrogen) atoms. The van der Waals surface area contributed by atoms with Crippen LogP contribution in [0.5, 0.6) is 0 Å². The van der Waals surface area contributed by atoms with Gasteiger partial charge in [-0.05, 0) is 148 Å². The molecule has 0 amide bonds. The van der Waals surface area contributed by atoms with Crippen molar-refractivity contribution in [2.24, 2.45) is 0 Å². The Bertz CT molecular complexity index is 2380. The van der Waals surface area contributed by atoms with Crippen LogP contribution < -0.4 is 0 Å². The summed E-state index contributed by atoms with van der Waals surface area (Å²) in [5.41, 5.74) is 0. The molecule has 0 saturated carbocycles. The number of ether oxygens (including phenoxy) is 2. The summed E-state index contributed by atoms with van der Waals surface area (Å²) in [5, 5.41) is 0. The first-order valence-electron chi connectivity index (χ1n) is 37.8. The fourth-order valence-electron chi connectivity index (χ4n) is 9.61. The molecule has 1 N–H and O–H groups in total. The third-order valence-electron chi connectivity index (χ3n) is 15.3. The topological polar surface area (TPSA) is 108 Å². The van der Waals surface area contributed by atoms with Crippen LogP contribution in [0, 0.1) is 0 Å². The van der Waals surface area contributed by atoms with Crippen molar-refractivity contribution in [3.05, 3.63) is 207 Å². The zero-order valence-electron chi connectivity index (χ0n) is 61.5. The van der Waals surface area contributed by atoms with E-state index in [1.165, 1.54) is 96.3 Å². The van der Waals surface area contributed by atoms with Crippen molar-refractivity contribution in [3.8, 4) is 0 Å². The molecule has 0 saturated heterocycles. The van der Waals surface area contributed by atoms with Crippen LogP contribution in [0.3, 0.4) is 0 Å². The summed E-state index contributed by atoms with van der Waals surface area (Å²) >= 11 is 0. The smallest absolute Gasteiger partial charge is 0.462 e. The quantitative estimate of drug-likeness (QED) is 0.0211. The number of carbonyl (C=O) groups excluding carboxylic acids is 2. The minimum absolute atomic E-state index is 0.0131. The van der Waals surface area contributed by atoms with Gasteiger partial charge in [-0.1, -0.05) is 317 Å². The Kier molecular flexibility index (Phi) is 69.7. The molecule has 2 unspecified atom stereocenters. The highest BCUT2D eigenvalue weighted by Crippen LogP contribution is 2.43. The Hall–Kier alpha value is -5.41. The van der Waals surface area contributed by atoms with Gasteiger partial charge >= 0.3 is 19.8 Å². The molecule has 540 valence electrons. The molecule has 0 fully saturated rings. The van der Waals surface area contributed by atoms with Crippen LogP contribution >= 0.6 is 7.82 Å². The molecule has 9 nitrogen and oxygen atoms in total. The zero-order valence-corrected chi connectivity index (χ0v) is 62.4. The van der Waals surface area contributed by atoms with Gasteiger partial charge in [0.25, 0.3) is 0 Å². The lowest BCUT2D eigenvalue weighted by Gasteiger charge is -2.24. The SMILES string of the molecule is CC/C=C\C/C=C\C/C=C\C/C=C\C/C=C\C/C=C\C/C=C\C/C=C\C/C=C\C/C=C\CCCCC(=O)OC(COC(=O)CCCCCCCCCCCCCCCCCCC/C=C\C/C=C\C/C=C\C/C=C\C/C=C\C/C=C\C/C=C\CC)COP(=O)(O)OCC[N+](C)(C)C. The lowest BCUT2D eigenvalue weighted by atomic mass is 10.0. The number of phosphoric ester groups is 1. The number of rotatable bonds is 67. The molecule has 0 aliphatic heterocycles. The maximum absolute atomic E-state index is 12.9. The van der Waals surface area contributed by atoms with Crippen LogP contribution in [0.4, 0.5) is 0 Å². The molecular formula is C86H139NO8P+. The van der Waals surface area contributed by atoms with Gasteiger partial charge in [0, 0.05) is 12.8 Å². The average Bonchev–Trinajstić information content (AvgIpc) is 1.48. The summed E-state index contributed by atoms with van der Waals surface area (Å²) in [6.07, 6.45) is 117. The van der Waals surface area contributed by atoms with E-state index in [9.17, 15) is 19.0 Å². The molecule has 0 rings (SSSR count). The van der Waals surface area contributed by atoms with Crippen molar-refractivity contribution in [2.45, 2.75) is 277 Å². The first-order valence-corrected chi connectivity index (χ1v) is 39.3. The second-order valence-corrected chi connectivity index (χ2v) is 27.0. The molecule has 0 heterocycles. The number of nitrogens with zero attached hydrogens (tertiary/aromatic N) is 1. The van der Waals surface area contributed by atoms with Crippen LogP contribution in [0.15, 0.2) is 207 Å². The summed E-state index contributed by atoms with van der Waals surface area (Å²) in [5.74, 6) is -0.858. The van der Waals surface area contributed by atoms with E-state index in [2.05, 4.69) is 220 Å². The van der Waals surface area contributed by atoms with Gasteiger partial charge in [-0.15, -0.1) is 0 Å². The number of allylic oxidation sites excluding steroid dienone is 34. The highest BCUT2D eigenvalue weighted by Gasteiger charge is 2.27. The van der Waals surface area contributed by atoms with Crippen LogP contribution in [-0.4, -0.2) is 74.9 Å². The number of hydrogen-bond donors (Lipinski definition) is 1. The largest absolute Gasteiger partial charge is 0.472 e. The van der Waals surface area contributed by atoms with E-state index < -0.39 is 26.5 Å². The first kappa shape index (κ1) is 90.6. The summed E-state index contributed by atoms with van der Waals surface area (Å²) in [4.78, 5) is 35.9. The minimum atomic E-state index is -4.42. The second kappa shape index (κ2) is 73.8. The third kappa shape index (κ3) is 77.6. The number of unbranched alkanes of at least 4 members (excludes halogenated alkanes) is 19. The normalized spacial score (nSPS) is 14.3. The highest BCUT2D eigenvalue weighted by molar-refractivity contribution is 7.47. The van der Waals surface area contributed by atoms with Crippen LogP contribution in [-0.2, 0) is 32.7 Å². The van der Waals surface area contributed by atoms with Crippen molar-refractivity contribution in [1.82, 2.24) is 0 Å². The van der Waals surface area contributed by atoms with Gasteiger partial charge in [-0.3, -0.25) is 18.6 Å². The molecule has 0 aromatic carbocycles. The number of quaternary nitrogens is 1. The van der Waals surface area contributed by atoms with Crippen molar-refractivity contribution in [2.75, 3.05) is 47.5 Å². The maximum atomic E-state index is 12.9. The van der Waals surface area contributed by atoms with Crippen molar-refractivity contribution in [3.63, 3.8) is 0 Å². The zero-order chi connectivity index (χ0) is 69.7. The Labute approximate surface area is 589 Å². The van der Waals surface area contributed by atoms with Crippen molar-refractivity contribution in [1.29, 1.82) is 0 Å². The van der Waals surface area contributed by atoms with E-state index in [4.69, 9.17) is 18.5 Å². The summed E-state index contributed by atoms with van der Waals surface area (Å²) in [7, 11) is 1.43. The third-order valence-corrected chi connectivity index (χ3v) is 16.3. The summed E-state index contributed by atoms with van der Waals surface area (Å²) < 4.78 is 34.7. The fourth-order valence-corrected chi connectivity index (χ4v) is 10.4. The van der Waals surface area contributed by atoms with Gasteiger partial charge in [0.1, 0.15) is 19.8 Å². The standard InChI is InChI=1S/C86H138NO8P/c1-6-8-10-12-14-16-18-20-22-24-26-28-30-32-34-36-38-40-41-42-43-44-45-47-48-50-52-54-56-58-60-62-64-66-68-70-72-74-76-78-85(88)92-82-84(83-94-96(90,91)93-81-80-87(3,4)5)95-86(89)79-77-75-73-71-69-67-65-63-61-59-57-55-53-51-49-46-39-37-35-33-31-29-27-25-23-21-19-17-15-13-11-9-7-2/h8-11,14-17,20-23,26-29,32-35,38-40,42-43,46,51,53,57,59,63,65,69,71,84H,6-7,12-13,18-19,24-25,30-31,36-37,41,44-45,47-50,52,54-56,58,60-62,64,66-68,70,72-83H2,1-5H3/p+1/b10-8-,11-9-,16-14-,17-15-,22-20-,23-21-,28-26-,29-27-,34-32-,35-33-,40-38-,43-42-,46-39-,53-51-,59-57-,65-63-,71-69-. The van der Waals surface area contributed by atoms with E-state index in [1.807, 2.05) is 21.1 Å². The van der Waals surface area contributed by atoms with E-state index in [-0.39, 0.29) is 32.0 Å². The van der Waals surface area contributed by atoms with Crippen LogP contribution in [0.25, 0.3) is 0 Å². The average molecular weight is 1350 g/mol. The van der Waals surface area contributed by atoms with Gasteiger partial charge in [0.15, 0.2) is 6.10 Å². The Morgan fingerprint density at radius 2 is 0.562 bits per heavy atom. The van der Waals surface area contributed by atoms with E-state index >= 15 is 0 Å². The number of carbonyl (C=O) groups is 2. The maximum Gasteiger partial charge on any atom is 0.472 e. The number of esters is 2. The fraction of sp³-hybridized carbons (Fsp3) is 0.581. The van der Waals surface area contributed by atoms with Gasteiger partial charge in [-0.25, -0.2) is 4.57 Å². The van der Waals surface area contributed by atoms with Gasteiger partial charge in [-0.2, -0.15) is 0 Å². The Morgan fingerprint density at radius 3 is 0.854 bits per heavy atom. The first-order chi connectivity index (χ1) is 47.0. The number of likely N-dealkylation sites (N-methyl/N-ethyl adjacent to an activating group) is 1. The Morgan fingerprint density at radius 1 is 0.323 bits per heavy atom. The summed E-state index contributed by atoms with van der Waals surface area (Å²) in [6, 6.07) is 0. The van der Waals surface area contributed by atoms with E-state index in [0.29, 0.717) is 17.4 Å². The van der Waals surface area contributed by atoms with Gasteiger partial charge in [0.05, 0.1) is 27.7 Å². The highest BCUT2D eigenvalue weighted by atomic mass is 31.2. The molecule has 10 heteroatoms. The van der Waals surface area contributed by atoms with Crippen LogP contribution in [0.2, 0.25) is 0 Å². The number of phosphoric acid groups is 1. The predicted molar refractivity (Wildman–Crippen MR) is 417 cm³/mol. The molecule has 0 aromatic heterocycles. The molecule has 0 radical (unpaired) electrons. The van der Waals surface area contributed by atoms with Gasteiger partial charge in [0.2, 0.25) is 0 Å². The second-order valence-electron chi connectivity index (χ2n) is 25.6. The van der Waals surface area contributed by atoms with E-state index in [0.717, 1.165) is 141 Å². The lowest BCUT2D eigenvalue weighted by Crippen LogP contribution is -2.37. The Balaban J connectivity index is 4.13. The van der Waals surface area contributed by atoms with Gasteiger partial charge < -0.3 is 18.9 Å². The molecule has 0 bridgehead atoms. The lowest BCUT2D eigenvalue weighted by molar-refractivity contribution is -0.870. The minimum Gasteiger partial charge on any atom is -0.462 e. The summed E-state index contributed by atoms with van der Waals surface area (Å²) in [6.45, 7) is 4.14. The van der Waals surface area contributed by atoms with Crippen molar-refractivity contribution < 1.29 is 42.1 Å². The monoisotopic (exact) mass is 1350 g/mol. The predicted octanol–water partition coefficient (Wildman–Crippen LogP) is 25.4. The molecule has 2 atom stereocenters. The number of hydrogen-bond acceptors (Lipinski definition) is 7. The van der Waals surface area contributed by atoms with Crippen molar-refractivity contribution >= 4 is 19.8 Å². The van der Waals surface area contributed by atoms with Crippen LogP contribution in [0.1, 0.15) is 271 Å².